The highest BCUT2D eigenvalue weighted by atomic mass is 16.3. The van der Waals surface area contributed by atoms with Gasteiger partial charge >= 0.3 is 0 Å². The van der Waals surface area contributed by atoms with Gasteiger partial charge in [0.05, 0.1) is 11.4 Å². The van der Waals surface area contributed by atoms with E-state index < -0.39 is 0 Å². The van der Waals surface area contributed by atoms with Gasteiger partial charge in [0, 0.05) is 22.0 Å². The quantitative estimate of drug-likeness (QED) is 0.185. The Bertz CT molecular complexity index is 2570. The lowest BCUT2D eigenvalue weighted by Gasteiger charge is -2.28. The number of anilines is 3. The third-order valence-electron chi connectivity index (χ3n) is 9.26. The molecule has 1 aromatic heterocycles. The molecule has 0 aliphatic heterocycles. The average molecular weight is 614 g/mol. The summed E-state index contributed by atoms with van der Waals surface area (Å²) < 4.78 is 6.63. The fourth-order valence-electron chi connectivity index (χ4n) is 7.01. The molecular weight excluding hydrogens is 583 g/mol. The van der Waals surface area contributed by atoms with Crippen LogP contribution in [-0.2, 0) is 0 Å². The first-order valence-electron chi connectivity index (χ1n) is 16.4. The summed E-state index contributed by atoms with van der Waals surface area (Å²) in [5.41, 5.74) is 11.9. The maximum absolute atomic E-state index is 6.63. The van der Waals surface area contributed by atoms with E-state index in [0.29, 0.717) is 0 Å². The van der Waals surface area contributed by atoms with E-state index in [0.717, 1.165) is 55.7 Å². The normalized spacial score (nSPS) is 11.3. The van der Waals surface area contributed by atoms with Gasteiger partial charge in [-0.25, -0.2) is 0 Å². The highest BCUT2D eigenvalue weighted by molar-refractivity contribution is 6.11. The second-order valence-corrected chi connectivity index (χ2v) is 12.1. The molecule has 0 aliphatic carbocycles. The Morgan fingerprint density at radius 1 is 0.354 bits per heavy atom. The van der Waals surface area contributed by atoms with Gasteiger partial charge in [-0.3, -0.25) is 0 Å². The molecule has 0 unspecified atom stereocenters. The molecule has 0 bridgehead atoms. The molecule has 0 spiro atoms. The Morgan fingerprint density at radius 2 is 0.938 bits per heavy atom. The predicted molar refractivity (Wildman–Crippen MR) is 202 cm³/mol. The lowest BCUT2D eigenvalue weighted by molar-refractivity contribution is 0.669. The minimum atomic E-state index is 0.866. The zero-order valence-corrected chi connectivity index (χ0v) is 26.3. The van der Waals surface area contributed by atoms with Crippen molar-refractivity contribution < 1.29 is 4.42 Å². The third-order valence-corrected chi connectivity index (χ3v) is 9.26. The average Bonchev–Trinajstić information content (AvgIpc) is 3.55. The molecule has 226 valence electrons. The second kappa shape index (κ2) is 11.8. The van der Waals surface area contributed by atoms with E-state index in [1.165, 1.54) is 27.5 Å². The van der Waals surface area contributed by atoms with Crippen LogP contribution in [0.3, 0.4) is 0 Å². The first-order valence-corrected chi connectivity index (χ1v) is 16.4. The van der Waals surface area contributed by atoms with Crippen molar-refractivity contribution in [2.24, 2.45) is 0 Å². The largest absolute Gasteiger partial charge is 0.454 e. The highest BCUT2D eigenvalue weighted by Gasteiger charge is 2.22. The third kappa shape index (κ3) is 4.83. The topological polar surface area (TPSA) is 16.4 Å². The summed E-state index contributed by atoms with van der Waals surface area (Å²) >= 11 is 0. The molecule has 0 aliphatic rings. The summed E-state index contributed by atoms with van der Waals surface area (Å²) in [5.74, 6) is 0. The summed E-state index contributed by atoms with van der Waals surface area (Å²) in [6.45, 7) is 0. The van der Waals surface area contributed by atoms with Crippen LogP contribution < -0.4 is 4.90 Å². The molecule has 0 atom stereocenters. The highest BCUT2D eigenvalue weighted by Crippen LogP contribution is 2.46. The predicted octanol–water partition coefficient (Wildman–Crippen LogP) is 13.2. The molecule has 2 nitrogen and oxygen atoms in total. The molecule has 0 amide bonds. The lowest BCUT2D eigenvalue weighted by atomic mass is 9.95. The van der Waals surface area contributed by atoms with Crippen LogP contribution in [0.1, 0.15) is 0 Å². The molecule has 0 N–H and O–H groups in total. The molecule has 0 radical (unpaired) electrons. The van der Waals surface area contributed by atoms with Gasteiger partial charge in [-0.05, 0) is 75.0 Å². The Hall–Kier alpha value is -6.38. The summed E-state index contributed by atoms with van der Waals surface area (Å²) in [7, 11) is 0. The summed E-state index contributed by atoms with van der Waals surface area (Å²) in [5, 5.41) is 4.72. The van der Waals surface area contributed by atoms with Gasteiger partial charge < -0.3 is 9.32 Å². The molecule has 48 heavy (non-hydrogen) atoms. The Labute approximate surface area is 279 Å². The van der Waals surface area contributed by atoms with Crippen molar-refractivity contribution in [3.8, 4) is 33.4 Å². The van der Waals surface area contributed by atoms with Crippen LogP contribution in [0.5, 0.6) is 0 Å². The van der Waals surface area contributed by atoms with Crippen LogP contribution in [0.15, 0.2) is 192 Å². The Morgan fingerprint density at radius 3 is 1.85 bits per heavy atom. The number of nitrogens with zero attached hydrogens (tertiary/aromatic N) is 1. The monoisotopic (exact) mass is 613 g/mol. The van der Waals surface area contributed by atoms with Gasteiger partial charge in [0.15, 0.2) is 5.58 Å². The molecule has 0 fully saturated rings. The first kappa shape index (κ1) is 27.9. The zero-order valence-electron chi connectivity index (χ0n) is 26.3. The number of fused-ring (bicyclic) bond motifs is 4. The number of furan rings is 1. The molecule has 0 saturated carbocycles. The number of benzene rings is 8. The van der Waals surface area contributed by atoms with E-state index in [-0.39, 0.29) is 0 Å². The zero-order chi connectivity index (χ0) is 31.9. The fraction of sp³-hybridized carbons (Fsp3) is 0. The van der Waals surface area contributed by atoms with Crippen molar-refractivity contribution in [1.29, 1.82) is 0 Å². The Balaban J connectivity index is 1.24. The van der Waals surface area contributed by atoms with Crippen LogP contribution in [0.25, 0.3) is 66.1 Å². The van der Waals surface area contributed by atoms with Gasteiger partial charge in [0.25, 0.3) is 0 Å². The van der Waals surface area contributed by atoms with Crippen molar-refractivity contribution in [3.63, 3.8) is 0 Å². The lowest BCUT2D eigenvalue weighted by Crippen LogP contribution is -2.11. The number of hydrogen-bond donors (Lipinski definition) is 0. The van der Waals surface area contributed by atoms with Crippen molar-refractivity contribution >= 4 is 49.8 Å². The maximum atomic E-state index is 6.63. The van der Waals surface area contributed by atoms with Crippen LogP contribution in [-0.4, -0.2) is 0 Å². The molecule has 8 aromatic carbocycles. The van der Waals surface area contributed by atoms with Crippen molar-refractivity contribution in [2.45, 2.75) is 0 Å². The van der Waals surface area contributed by atoms with E-state index in [1.54, 1.807) is 0 Å². The molecule has 9 aromatic rings. The van der Waals surface area contributed by atoms with Gasteiger partial charge in [0.2, 0.25) is 0 Å². The minimum Gasteiger partial charge on any atom is -0.454 e. The van der Waals surface area contributed by atoms with Crippen LogP contribution in [0, 0.1) is 0 Å². The maximum Gasteiger partial charge on any atom is 0.159 e. The molecule has 9 rings (SSSR count). The minimum absolute atomic E-state index is 0.866. The van der Waals surface area contributed by atoms with E-state index in [4.69, 9.17) is 4.42 Å². The molecule has 1 heterocycles. The van der Waals surface area contributed by atoms with E-state index >= 15 is 0 Å². The van der Waals surface area contributed by atoms with Crippen LogP contribution in [0.4, 0.5) is 17.1 Å². The Kier molecular flexibility index (Phi) is 6.84. The molecular formula is C46H31NO. The van der Waals surface area contributed by atoms with Crippen molar-refractivity contribution in [3.05, 3.63) is 188 Å². The summed E-state index contributed by atoms with van der Waals surface area (Å²) in [6.07, 6.45) is 0. The molecule has 0 saturated heterocycles. The fourth-order valence-corrected chi connectivity index (χ4v) is 7.01. The van der Waals surface area contributed by atoms with Gasteiger partial charge in [-0.15, -0.1) is 0 Å². The van der Waals surface area contributed by atoms with E-state index in [9.17, 15) is 0 Å². The molecule has 2 heteroatoms. The summed E-state index contributed by atoms with van der Waals surface area (Å²) in [4.78, 5) is 2.35. The van der Waals surface area contributed by atoms with Crippen molar-refractivity contribution in [2.75, 3.05) is 4.90 Å². The van der Waals surface area contributed by atoms with E-state index in [2.05, 4.69) is 181 Å². The van der Waals surface area contributed by atoms with Gasteiger partial charge in [-0.1, -0.05) is 152 Å². The van der Waals surface area contributed by atoms with Gasteiger partial charge in [-0.2, -0.15) is 0 Å². The second-order valence-electron chi connectivity index (χ2n) is 12.1. The van der Waals surface area contributed by atoms with Crippen LogP contribution in [0.2, 0.25) is 0 Å². The number of rotatable bonds is 6. The van der Waals surface area contributed by atoms with Crippen LogP contribution >= 0.6 is 0 Å². The standard InChI is InChI=1S/C46H31NO/c1-2-14-33(15-3-1)40-23-6-8-27-43(40)47(44-28-13-26-42-41-24-7-9-29-45(41)48-46(42)44)37-21-11-19-35(31-37)34-18-10-20-36(30-34)39-25-12-17-32-16-4-5-22-38(32)39/h1-31H. The summed E-state index contributed by atoms with van der Waals surface area (Å²) in [6, 6.07) is 66.9. The SMILES string of the molecule is c1ccc(-c2ccccc2N(c2cccc(-c3cccc(-c4cccc5ccccc45)c3)c2)c2cccc3c2oc2ccccc23)cc1. The van der Waals surface area contributed by atoms with Crippen molar-refractivity contribution in [1.82, 2.24) is 0 Å². The van der Waals surface area contributed by atoms with Gasteiger partial charge in [0.1, 0.15) is 5.58 Å². The van der Waals surface area contributed by atoms with E-state index in [1.807, 2.05) is 12.1 Å². The number of hydrogen-bond acceptors (Lipinski definition) is 2. The smallest absolute Gasteiger partial charge is 0.159 e. The number of para-hydroxylation sites is 3. The first-order chi connectivity index (χ1) is 23.8.